The first-order valence-corrected chi connectivity index (χ1v) is 6.46. The van der Waals surface area contributed by atoms with E-state index in [0.29, 0.717) is 0 Å². The summed E-state index contributed by atoms with van der Waals surface area (Å²) in [5.74, 6) is -1.27. The number of hydrogen-bond acceptors (Lipinski definition) is 6. The zero-order valence-corrected chi connectivity index (χ0v) is 12.0. The number of hydrazone groups is 1. The first-order chi connectivity index (χ1) is 11.1. The Morgan fingerprint density at radius 2 is 2.08 bits per heavy atom. The summed E-state index contributed by atoms with van der Waals surface area (Å²) in [7, 11) is 0. The molecule has 13 heteroatoms. The van der Waals surface area contributed by atoms with Crippen LogP contribution >= 0.6 is 0 Å². The number of hydrogen-bond donors (Lipinski definition) is 1. The lowest BCUT2D eigenvalue weighted by atomic mass is 10.1. The van der Waals surface area contributed by atoms with Crippen LogP contribution in [0.25, 0.3) is 0 Å². The summed E-state index contributed by atoms with van der Waals surface area (Å²) < 4.78 is 52.3. The quantitative estimate of drug-likeness (QED) is 0.485. The van der Waals surface area contributed by atoms with E-state index in [1.165, 1.54) is 0 Å². The highest BCUT2D eigenvalue weighted by molar-refractivity contribution is 5.93. The summed E-state index contributed by atoms with van der Waals surface area (Å²) in [4.78, 5) is 22.1. The highest BCUT2D eigenvalue weighted by Crippen LogP contribution is 2.34. The standard InChI is InChI=1S/C11H11F4N5O4/c1-5(18-4-6(3-16-18)20(23)24)9(21)19-11(22,10(14)15)2-7(17-19)8(12)13/h3-5,8,10,22H,2H2,1H3. The van der Waals surface area contributed by atoms with Gasteiger partial charge in [-0.15, -0.1) is 0 Å². The predicted molar refractivity (Wildman–Crippen MR) is 69.4 cm³/mol. The molecule has 1 aromatic heterocycles. The highest BCUT2D eigenvalue weighted by atomic mass is 19.3. The second kappa shape index (κ2) is 6.14. The lowest BCUT2D eigenvalue weighted by Crippen LogP contribution is -2.53. The van der Waals surface area contributed by atoms with Crippen molar-refractivity contribution in [3.8, 4) is 0 Å². The molecule has 2 rings (SSSR count). The predicted octanol–water partition coefficient (Wildman–Crippen LogP) is 1.16. The Labute approximate surface area is 131 Å². The summed E-state index contributed by atoms with van der Waals surface area (Å²) in [5.41, 5.74) is -4.74. The molecule has 2 heterocycles. The van der Waals surface area contributed by atoms with E-state index in [1.54, 1.807) is 0 Å². The van der Waals surface area contributed by atoms with Gasteiger partial charge in [-0.2, -0.15) is 15.2 Å². The summed E-state index contributed by atoms with van der Waals surface area (Å²) in [6.45, 7) is 1.14. The third-order valence-electron chi connectivity index (χ3n) is 3.40. The Morgan fingerprint density at radius 1 is 1.46 bits per heavy atom. The molecule has 1 aliphatic heterocycles. The monoisotopic (exact) mass is 353 g/mol. The van der Waals surface area contributed by atoms with Crippen molar-refractivity contribution in [2.75, 3.05) is 0 Å². The average molecular weight is 353 g/mol. The number of nitro groups is 1. The Balaban J connectivity index is 2.32. The summed E-state index contributed by atoms with van der Waals surface area (Å²) >= 11 is 0. The summed E-state index contributed by atoms with van der Waals surface area (Å²) in [6, 6.07) is -1.40. The number of aromatic nitrogens is 2. The molecular weight excluding hydrogens is 342 g/mol. The van der Waals surface area contributed by atoms with E-state index in [4.69, 9.17) is 0 Å². The Bertz CT molecular complexity index is 694. The molecule has 0 saturated heterocycles. The zero-order valence-electron chi connectivity index (χ0n) is 12.0. The maximum Gasteiger partial charge on any atom is 0.307 e. The molecule has 1 aliphatic rings. The Hall–Kier alpha value is -2.57. The molecule has 0 bridgehead atoms. The molecular formula is C11H11F4N5O4. The van der Waals surface area contributed by atoms with Gasteiger partial charge in [0.05, 0.1) is 4.92 Å². The number of carbonyl (C=O) groups excluding carboxylic acids is 1. The van der Waals surface area contributed by atoms with Gasteiger partial charge in [0.2, 0.25) is 5.72 Å². The van der Waals surface area contributed by atoms with Crippen LogP contribution in [0.2, 0.25) is 0 Å². The van der Waals surface area contributed by atoms with Gasteiger partial charge in [0.25, 0.3) is 18.8 Å². The molecule has 2 unspecified atom stereocenters. The molecule has 0 radical (unpaired) electrons. The number of rotatable bonds is 5. The van der Waals surface area contributed by atoms with E-state index in [9.17, 15) is 37.6 Å². The Kier molecular flexibility index (Phi) is 4.55. The minimum atomic E-state index is -3.55. The number of alkyl halides is 4. The average Bonchev–Trinajstić information content (AvgIpc) is 3.11. The number of aliphatic hydroxyl groups is 1. The van der Waals surface area contributed by atoms with Crippen LogP contribution in [0.3, 0.4) is 0 Å². The lowest BCUT2D eigenvalue weighted by Gasteiger charge is -2.31. The van der Waals surface area contributed by atoms with Crippen molar-refractivity contribution in [1.29, 1.82) is 0 Å². The first kappa shape index (κ1) is 17.8. The molecule has 132 valence electrons. The minimum absolute atomic E-state index is 0.114. The highest BCUT2D eigenvalue weighted by Gasteiger charge is 2.54. The van der Waals surface area contributed by atoms with Gasteiger partial charge in [0.15, 0.2) is 0 Å². The van der Waals surface area contributed by atoms with Gasteiger partial charge in [-0.3, -0.25) is 19.6 Å². The second-order valence-electron chi connectivity index (χ2n) is 5.01. The van der Waals surface area contributed by atoms with Crippen LogP contribution in [-0.2, 0) is 4.79 Å². The van der Waals surface area contributed by atoms with E-state index in [0.717, 1.165) is 24.0 Å². The van der Waals surface area contributed by atoms with Crippen LogP contribution in [0, 0.1) is 10.1 Å². The molecule has 9 nitrogen and oxygen atoms in total. The molecule has 24 heavy (non-hydrogen) atoms. The molecule has 0 saturated carbocycles. The van der Waals surface area contributed by atoms with Gasteiger partial charge >= 0.3 is 5.69 Å². The van der Waals surface area contributed by atoms with E-state index in [1.807, 2.05) is 0 Å². The topological polar surface area (TPSA) is 114 Å². The van der Waals surface area contributed by atoms with Crippen LogP contribution in [0.1, 0.15) is 19.4 Å². The minimum Gasteiger partial charge on any atom is -0.364 e. The number of nitrogens with zero attached hydrogens (tertiary/aromatic N) is 5. The van der Waals surface area contributed by atoms with Crippen LogP contribution in [0.4, 0.5) is 23.2 Å². The molecule has 1 amide bonds. The maximum absolute atomic E-state index is 13.1. The lowest BCUT2D eigenvalue weighted by molar-refractivity contribution is -0.385. The number of halogens is 4. The van der Waals surface area contributed by atoms with Crippen LogP contribution < -0.4 is 0 Å². The van der Waals surface area contributed by atoms with Crippen molar-refractivity contribution >= 4 is 17.3 Å². The molecule has 0 aromatic carbocycles. The van der Waals surface area contributed by atoms with Gasteiger partial charge in [0, 0.05) is 6.42 Å². The normalized spacial score (nSPS) is 22.2. The molecule has 1 aromatic rings. The van der Waals surface area contributed by atoms with E-state index in [-0.39, 0.29) is 5.01 Å². The van der Waals surface area contributed by atoms with Gasteiger partial charge in [-0.25, -0.2) is 17.6 Å². The van der Waals surface area contributed by atoms with Crippen molar-refractivity contribution in [1.82, 2.24) is 14.8 Å². The maximum atomic E-state index is 13.1. The fourth-order valence-electron chi connectivity index (χ4n) is 2.05. The van der Waals surface area contributed by atoms with Crippen LogP contribution in [0.15, 0.2) is 17.5 Å². The van der Waals surface area contributed by atoms with E-state index in [2.05, 4.69) is 10.2 Å². The third kappa shape index (κ3) is 2.93. The van der Waals surface area contributed by atoms with Gasteiger partial charge in [-0.1, -0.05) is 0 Å². The van der Waals surface area contributed by atoms with Crippen molar-refractivity contribution in [2.24, 2.45) is 5.10 Å². The van der Waals surface area contributed by atoms with Gasteiger partial charge < -0.3 is 5.11 Å². The van der Waals surface area contributed by atoms with Gasteiger partial charge in [-0.05, 0) is 6.92 Å². The molecule has 0 aliphatic carbocycles. The first-order valence-electron chi connectivity index (χ1n) is 6.46. The van der Waals surface area contributed by atoms with Crippen molar-refractivity contribution in [3.63, 3.8) is 0 Å². The number of amides is 1. The largest absolute Gasteiger partial charge is 0.364 e. The summed E-state index contributed by atoms with van der Waals surface area (Å²) in [6.07, 6.45) is -6.31. The fourth-order valence-corrected chi connectivity index (χ4v) is 2.05. The third-order valence-corrected chi connectivity index (χ3v) is 3.40. The second-order valence-corrected chi connectivity index (χ2v) is 5.01. The fraction of sp³-hybridized carbons (Fsp3) is 0.545. The van der Waals surface area contributed by atoms with Crippen molar-refractivity contribution < 1.29 is 32.4 Å². The van der Waals surface area contributed by atoms with E-state index < -0.39 is 53.3 Å². The van der Waals surface area contributed by atoms with E-state index >= 15 is 0 Å². The zero-order chi connectivity index (χ0) is 18.2. The van der Waals surface area contributed by atoms with Crippen molar-refractivity contribution in [3.05, 3.63) is 22.5 Å². The molecule has 2 atom stereocenters. The van der Waals surface area contributed by atoms with Gasteiger partial charge in [0.1, 0.15) is 24.1 Å². The Morgan fingerprint density at radius 3 is 2.54 bits per heavy atom. The number of carbonyl (C=O) groups is 1. The van der Waals surface area contributed by atoms with Crippen LogP contribution in [0.5, 0.6) is 0 Å². The smallest absolute Gasteiger partial charge is 0.307 e. The molecule has 1 N–H and O–H groups in total. The summed E-state index contributed by atoms with van der Waals surface area (Å²) in [5, 5.41) is 27.0. The molecule has 0 fully saturated rings. The van der Waals surface area contributed by atoms with Crippen LogP contribution in [-0.4, -0.2) is 55.0 Å². The SMILES string of the molecule is CC(C(=O)N1N=C(C(F)F)CC1(O)C(F)F)n1cc([N+](=O)[O-])cn1. The molecule has 0 spiro atoms. The van der Waals surface area contributed by atoms with Crippen molar-refractivity contribution in [2.45, 2.75) is 38.0 Å².